The maximum atomic E-state index is 11.8. The summed E-state index contributed by atoms with van der Waals surface area (Å²) in [4.78, 5) is 23.4. The molecule has 0 radical (unpaired) electrons. The van der Waals surface area contributed by atoms with Crippen LogP contribution in [0.4, 0.5) is 0 Å². The zero-order valence-corrected chi connectivity index (χ0v) is 12.1. The molecule has 0 aliphatic rings. The number of hydrogen-bond donors (Lipinski definition) is 1. The fraction of sp³-hybridized carbons (Fsp3) is 0.500. The number of unbranched alkanes of at least 4 members (excludes halogenated alkanes) is 1. The standard InChI is InChI=1S/C16H23NO3/c1-20-13-6-5-12-17-16(19)11-7-10-15(18)14-8-3-2-4-9-14/h2-4,8-9H,5-7,10-13H2,1H3,(H,17,19). The summed E-state index contributed by atoms with van der Waals surface area (Å²) in [6.07, 6.45) is 3.29. The topological polar surface area (TPSA) is 55.4 Å². The summed E-state index contributed by atoms with van der Waals surface area (Å²) in [5, 5.41) is 2.85. The molecule has 1 amide bonds. The summed E-state index contributed by atoms with van der Waals surface area (Å²) in [5.74, 6) is 0.113. The van der Waals surface area contributed by atoms with Gasteiger partial charge in [0.15, 0.2) is 5.78 Å². The monoisotopic (exact) mass is 277 g/mol. The maximum absolute atomic E-state index is 11.8. The molecular weight excluding hydrogens is 254 g/mol. The van der Waals surface area contributed by atoms with Crippen LogP contribution in [0, 0.1) is 0 Å². The van der Waals surface area contributed by atoms with Gasteiger partial charge in [-0.3, -0.25) is 9.59 Å². The first-order valence-electron chi connectivity index (χ1n) is 7.08. The van der Waals surface area contributed by atoms with Crippen molar-refractivity contribution in [2.24, 2.45) is 0 Å². The normalized spacial score (nSPS) is 10.2. The van der Waals surface area contributed by atoms with Crippen molar-refractivity contribution in [2.45, 2.75) is 32.1 Å². The number of ether oxygens (including phenoxy) is 1. The van der Waals surface area contributed by atoms with Crippen LogP contribution < -0.4 is 5.32 Å². The van der Waals surface area contributed by atoms with Crippen molar-refractivity contribution in [3.8, 4) is 0 Å². The molecule has 20 heavy (non-hydrogen) atoms. The second-order valence-corrected chi connectivity index (χ2v) is 4.69. The Kier molecular flexibility index (Phi) is 8.31. The highest BCUT2D eigenvalue weighted by molar-refractivity contribution is 5.96. The van der Waals surface area contributed by atoms with E-state index >= 15 is 0 Å². The highest BCUT2D eigenvalue weighted by atomic mass is 16.5. The van der Waals surface area contributed by atoms with Crippen LogP contribution in [0.1, 0.15) is 42.5 Å². The maximum Gasteiger partial charge on any atom is 0.220 e. The molecule has 0 aliphatic carbocycles. The van der Waals surface area contributed by atoms with Crippen molar-refractivity contribution in [1.29, 1.82) is 0 Å². The van der Waals surface area contributed by atoms with Crippen LogP contribution >= 0.6 is 0 Å². The van der Waals surface area contributed by atoms with Gasteiger partial charge in [-0.1, -0.05) is 30.3 Å². The lowest BCUT2D eigenvalue weighted by molar-refractivity contribution is -0.121. The van der Waals surface area contributed by atoms with E-state index in [1.54, 1.807) is 19.2 Å². The molecule has 1 aromatic carbocycles. The van der Waals surface area contributed by atoms with Crippen LogP contribution in [0.5, 0.6) is 0 Å². The number of benzene rings is 1. The molecule has 0 heterocycles. The molecule has 0 spiro atoms. The predicted molar refractivity (Wildman–Crippen MR) is 78.7 cm³/mol. The molecule has 0 bridgehead atoms. The fourth-order valence-electron chi connectivity index (χ4n) is 1.87. The molecule has 0 aromatic heterocycles. The Hall–Kier alpha value is -1.68. The van der Waals surface area contributed by atoms with Crippen LogP contribution in [0.25, 0.3) is 0 Å². The van der Waals surface area contributed by atoms with E-state index in [0.29, 0.717) is 31.4 Å². The smallest absolute Gasteiger partial charge is 0.220 e. The van der Waals surface area contributed by atoms with E-state index in [4.69, 9.17) is 4.74 Å². The first-order chi connectivity index (χ1) is 9.74. The number of methoxy groups -OCH3 is 1. The summed E-state index contributed by atoms with van der Waals surface area (Å²) in [7, 11) is 1.67. The van der Waals surface area contributed by atoms with Crippen molar-refractivity contribution < 1.29 is 14.3 Å². The van der Waals surface area contributed by atoms with Gasteiger partial charge in [-0.15, -0.1) is 0 Å². The minimum Gasteiger partial charge on any atom is -0.385 e. The predicted octanol–water partition coefficient (Wildman–Crippen LogP) is 2.58. The molecular formula is C16H23NO3. The van der Waals surface area contributed by atoms with Gasteiger partial charge < -0.3 is 10.1 Å². The average molecular weight is 277 g/mol. The number of rotatable bonds is 10. The second-order valence-electron chi connectivity index (χ2n) is 4.69. The summed E-state index contributed by atoms with van der Waals surface area (Å²) in [5.41, 5.74) is 0.715. The van der Waals surface area contributed by atoms with Crippen LogP contribution in [0.15, 0.2) is 30.3 Å². The number of carbonyl (C=O) groups is 2. The zero-order chi connectivity index (χ0) is 14.6. The molecule has 0 saturated carbocycles. The Labute approximate surface area is 120 Å². The SMILES string of the molecule is COCCCCNC(=O)CCCC(=O)c1ccccc1. The van der Waals surface area contributed by atoms with Gasteiger partial charge in [0.2, 0.25) is 5.91 Å². The molecule has 4 heteroatoms. The third-order valence-electron chi connectivity index (χ3n) is 3.00. The van der Waals surface area contributed by atoms with Crippen molar-refractivity contribution in [3.63, 3.8) is 0 Å². The lowest BCUT2D eigenvalue weighted by atomic mass is 10.1. The van der Waals surface area contributed by atoms with Crippen molar-refractivity contribution >= 4 is 11.7 Å². The molecule has 1 N–H and O–H groups in total. The lowest BCUT2D eigenvalue weighted by Crippen LogP contribution is -2.24. The largest absolute Gasteiger partial charge is 0.385 e. The highest BCUT2D eigenvalue weighted by Gasteiger charge is 2.06. The minimum atomic E-state index is 0.0169. The summed E-state index contributed by atoms with van der Waals surface area (Å²) in [6, 6.07) is 9.18. The van der Waals surface area contributed by atoms with E-state index in [1.807, 2.05) is 18.2 Å². The minimum absolute atomic E-state index is 0.0169. The lowest BCUT2D eigenvalue weighted by Gasteiger charge is -2.05. The van der Waals surface area contributed by atoms with Gasteiger partial charge in [-0.25, -0.2) is 0 Å². The highest BCUT2D eigenvalue weighted by Crippen LogP contribution is 2.06. The first kappa shape index (κ1) is 16.4. The van der Waals surface area contributed by atoms with Gasteiger partial charge in [-0.05, 0) is 19.3 Å². The molecule has 0 fully saturated rings. The zero-order valence-electron chi connectivity index (χ0n) is 12.1. The Bertz CT molecular complexity index is 403. The quantitative estimate of drug-likeness (QED) is 0.528. The number of nitrogens with one attached hydrogen (secondary N) is 1. The molecule has 0 aliphatic heterocycles. The van der Waals surface area contributed by atoms with Crippen LogP contribution in [-0.2, 0) is 9.53 Å². The molecule has 0 atom stereocenters. The third-order valence-corrected chi connectivity index (χ3v) is 3.00. The molecule has 0 unspecified atom stereocenters. The van der Waals surface area contributed by atoms with E-state index in [0.717, 1.165) is 19.4 Å². The van der Waals surface area contributed by atoms with Crippen molar-refractivity contribution in [3.05, 3.63) is 35.9 Å². The van der Waals surface area contributed by atoms with E-state index in [2.05, 4.69) is 5.32 Å². The molecule has 0 saturated heterocycles. The van der Waals surface area contributed by atoms with Gasteiger partial charge in [0.1, 0.15) is 0 Å². The number of hydrogen-bond acceptors (Lipinski definition) is 3. The molecule has 1 aromatic rings. The van der Waals surface area contributed by atoms with E-state index < -0.39 is 0 Å². The van der Waals surface area contributed by atoms with Crippen LogP contribution in [0.2, 0.25) is 0 Å². The summed E-state index contributed by atoms with van der Waals surface area (Å²) in [6.45, 7) is 1.40. The Morgan fingerprint density at radius 1 is 1.05 bits per heavy atom. The Morgan fingerprint density at radius 2 is 1.80 bits per heavy atom. The van der Waals surface area contributed by atoms with Gasteiger partial charge in [0, 0.05) is 38.7 Å². The summed E-state index contributed by atoms with van der Waals surface area (Å²) >= 11 is 0. The number of ketones is 1. The number of carbonyl (C=O) groups excluding carboxylic acids is 2. The van der Waals surface area contributed by atoms with Gasteiger partial charge in [0.05, 0.1) is 0 Å². The first-order valence-corrected chi connectivity index (χ1v) is 7.08. The molecule has 4 nitrogen and oxygen atoms in total. The van der Waals surface area contributed by atoms with Gasteiger partial charge in [-0.2, -0.15) is 0 Å². The van der Waals surface area contributed by atoms with E-state index in [-0.39, 0.29) is 11.7 Å². The Morgan fingerprint density at radius 3 is 2.50 bits per heavy atom. The average Bonchev–Trinajstić information content (AvgIpc) is 2.48. The van der Waals surface area contributed by atoms with E-state index in [1.165, 1.54) is 0 Å². The van der Waals surface area contributed by atoms with E-state index in [9.17, 15) is 9.59 Å². The molecule has 110 valence electrons. The van der Waals surface area contributed by atoms with Crippen LogP contribution in [0.3, 0.4) is 0 Å². The van der Waals surface area contributed by atoms with Crippen molar-refractivity contribution in [1.82, 2.24) is 5.32 Å². The Balaban J connectivity index is 2.08. The summed E-state index contributed by atoms with van der Waals surface area (Å²) < 4.78 is 4.93. The third kappa shape index (κ3) is 7.04. The van der Waals surface area contributed by atoms with Gasteiger partial charge in [0.25, 0.3) is 0 Å². The number of amides is 1. The number of Topliss-reactive ketones (excluding diaryl/α,β-unsaturated/α-hetero) is 1. The van der Waals surface area contributed by atoms with Crippen molar-refractivity contribution in [2.75, 3.05) is 20.3 Å². The van der Waals surface area contributed by atoms with Crippen LogP contribution in [-0.4, -0.2) is 32.0 Å². The fourth-order valence-corrected chi connectivity index (χ4v) is 1.87. The van der Waals surface area contributed by atoms with Gasteiger partial charge >= 0.3 is 0 Å². The second kappa shape index (κ2) is 10.1. The molecule has 1 rings (SSSR count).